The Kier molecular flexibility index (Phi) is 3.40. The average molecular weight is 323 g/mol. The topological polar surface area (TPSA) is 59.2 Å². The van der Waals surface area contributed by atoms with Crippen LogP contribution in [-0.2, 0) is 12.8 Å². The SMILES string of the molecule is OCc1nc(-c2cc(Br)cc(C(F)(F)F)c2)no1. The molecule has 0 fully saturated rings. The van der Waals surface area contributed by atoms with Crippen molar-refractivity contribution in [2.24, 2.45) is 0 Å². The van der Waals surface area contributed by atoms with E-state index in [4.69, 9.17) is 5.11 Å². The second kappa shape index (κ2) is 4.69. The average Bonchev–Trinajstić information content (AvgIpc) is 2.75. The van der Waals surface area contributed by atoms with Gasteiger partial charge in [0.05, 0.1) is 5.56 Å². The van der Waals surface area contributed by atoms with Crippen molar-refractivity contribution in [2.45, 2.75) is 12.8 Å². The molecule has 0 atom stereocenters. The smallest absolute Gasteiger partial charge is 0.387 e. The maximum Gasteiger partial charge on any atom is 0.416 e. The monoisotopic (exact) mass is 322 g/mol. The Bertz CT molecular complexity index is 568. The molecule has 0 unspecified atom stereocenters. The van der Waals surface area contributed by atoms with Crippen LogP contribution < -0.4 is 0 Å². The van der Waals surface area contributed by atoms with Crippen molar-refractivity contribution in [1.29, 1.82) is 0 Å². The van der Waals surface area contributed by atoms with E-state index in [0.717, 1.165) is 12.1 Å². The van der Waals surface area contributed by atoms with Gasteiger partial charge in [-0.05, 0) is 18.2 Å². The highest BCUT2D eigenvalue weighted by Crippen LogP contribution is 2.34. The van der Waals surface area contributed by atoms with Gasteiger partial charge in [0.15, 0.2) is 0 Å². The Balaban J connectivity index is 2.48. The third-order valence-electron chi connectivity index (χ3n) is 2.09. The molecule has 1 N–H and O–H groups in total. The minimum absolute atomic E-state index is 0.00847. The Labute approximate surface area is 108 Å². The molecule has 0 aliphatic rings. The first-order valence-corrected chi connectivity index (χ1v) is 5.51. The van der Waals surface area contributed by atoms with Crippen LogP contribution in [0.5, 0.6) is 0 Å². The second-order valence-electron chi connectivity index (χ2n) is 3.40. The number of alkyl halides is 3. The van der Waals surface area contributed by atoms with Crippen molar-refractivity contribution < 1.29 is 22.8 Å². The van der Waals surface area contributed by atoms with Crippen molar-refractivity contribution in [3.8, 4) is 11.4 Å². The predicted octanol–water partition coefficient (Wildman–Crippen LogP) is 3.01. The van der Waals surface area contributed by atoms with Crippen molar-refractivity contribution in [3.63, 3.8) is 0 Å². The molecule has 2 aromatic rings. The lowest BCUT2D eigenvalue weighted by Crippen LogP contribution is -2.05. The molecule has 0 amide bonds. The second-order valence-corrected chi connectivity index (χ2v) is 4.31. The normalized spacial score (nSPS) is 11.8. The summed E-state index contributed by atoms with van der Waals surface area (Å²) in [7, 11) is 0. The maximum absolute atomic E-state index is 12.6. The number of benzene rings is 1. The first-order chi connectivity index (χ1) is 8.40. The molecule has 0 radical (unpaired) electrons. The zero-order valence-electron chi connectivity index (χ0n) is 8.70. The van der Waals surface area contributed by atoms with E-state index in [1.807, 2.05) is 0 Å². The number of nitrogens with zero attached hydrogens (tertiary/aromatic N) is 2. The fourth-order valence-electron chi connectivity index (χ4n) is 1.32. The van der Waals surface area contributed by atoms with Crippen LogP contribution in [0.3, 0.4) is 0 Å². The highest BCUT2D eigenvalue weighted by Gasteiger charge is 2.31. The van der Waals surface area contributed by atoms with Gasteiger partial charge in [-0.1, -0.05) is 21.1 Å². The molecule has 1 heterocycles. The number of hydrogen-bond donors (Lipinski definition) is 1. The van der Waals surface area contributed by atoms with E-state index >= 15 is 0 Å². The van der Waals surface area contributed by atoms with E-state index in [2.05, 4.69) is 30.6 Å². The summed E-state index contributed by atoms with van der Waals surface area (Å²) >= 11 is 2.99. The molecular weight excluding hydrogens is 317 g/mol. The minimum atomic E-state index is -4.46. The number of aliphatic hydroxyl groups excluding tert-OH is 1. The van der Waals surface area contributed by atoms with Crippen molar-refractivity contribution in [3.05, 3.63) is 34.1 Å². The molecule has 18 heavy (non-hydrogen) atoms. The summed E-state index contributed by atoms with van der Waals surface area (Å²) in [6.07, 6.45) is -4.46. The molecule has 8 heteroatoms. The lowest BCUT2D eigenvalue weighted by atomic mass is 10.1. The van der Waals surface area contributed by atoms with Gasteiger partial charge >= 0.3 is 6.18 Å². The van der Waals surface area contributed by atoms with Crippen LogP contribution in [0.4, 0.5) is 13.2 Å². The molecule has 0 aliphatic heterocycles. The summed E-state index contributed by atoms with van der Waals surface area (Å²) in [6, 6.07) is 3.30. The fourth-order valence-corrected chi connectivity index (χ4v) is 1.81. The number of hydrogen-bond acceptors (Lipinski definition) is 4. The number of rotatable bonds is 2. The number of aromatic nitrogens is 2. The fraction of sp³-hybridized carbons (Fsp3) is 0.200. The molecule has 0 aliphatic carbocycles. The van der Waals surface area contributed by atoms with Crippen LogP contribution in [0, 0.1) is 0 Å². The Hall–Kier alpha value is -1.41. The molecule has 0 spiro atoms. The van der Waals surface area contributed by atoms with Crippen LogP contribution in [0.15, 0.2) is 27.2 Å². The highest BCUT2D eigenvalue weighted by atomic mass is 79.9. The Morgan fingerprint density at radius 1 is 1.28 bits per heavy atom. The van der Waals surface area contributed by atoms with Gasteiger partial charge in [-0.25, -0.2) is 0 Å². The standard InChI is InChI=1S/C10H6BrF3N2O2/c11-7-2-5(1-6(3-7)10(12,13)14)9-15-8(4-17)18-16-9/h1-3,17H,4H2. The van der Waals surface area contributed by atoms with Gasteiger partial charge in [-0.3, -0.25) is 0 Å². The molecule has 0 saturated carbocycles. The third kappa shape index (κ3) is 2.70. The first-order valence-electron chi connectivity index (χ1n) is 4.72. The van der Waals surface area contributed by atoms with Gasteiger partial charge in [-0.2, -0.15) is 18.2 Å². The molecule has 2 rings (SSSR count). The van der Waals surface area contributed by atoms with Crippen molar-refractivity contribution in [1.82, 2.24) is 10.1 Å². The van der Waals surface area contributed by atoms with Crippen LogP contribution in [0.1, 0.15) is 11.5 Å². The quantitative estimate of drug-likeness (QED) is 0.923. The lowest BCUT2D eigenvalue weighted by molar-refractivity contribution is -0.137. The van der Waals surface area contributed by atoms with E-state index in [-0.39, 0.29) is 21.8 Å². The zero-order chi connectivity index (χ0) is 13.3. The van der Waals surface area contributed by atoms with Crippen LogP contribution in [0.2, 0.25) is 0 Å². The molecular formula is C10H6BrF3N2O2. The summed E-state index contributed by atoms with van der Waals surface area (Å²) in [5, 5.41) is 12.2. The summed E-state index contributed by atoms with van der Waals surface area (Å²) in [5.74, 6) is -0.0654. The molecule has 0 saturated heterocycles. The molecule has 0 bridgehead atoms. The van der Waals surface area contributed by atoms with Crippen LogP contribution in [-0.4, -0.2) is 15.2 Å². The maximum atomic E-state index is 12.6. The van der Waals surface area contributed by atoms with E-state index in [9.17, 15) is 13.2 Å². The van der Waals surface area contributed by atoms with Crippen LogP contribution in [0.25, 0.3) is 11.4 Å². The molecule has 4 nitrogen and oxygen atoms in total. The van der Waals surface area contributed by atoms with Gasteiger partial charge in [0.1, 0.15) is 6.61 Å². The van der Waals surface area contributed by atoms with Gasteiger partial charge < -0.3 is 9.63 Å². The van der Waals surface area contributed by atoms with E-state index in [1.54, 1.807) is 0 Å². The summed E-state index contributed by atoms with van der Waals surface area (Å²) in [5.41, 5.74) is -0.664. The molecule has 1 aromatic carbocycles. The minimum Gasteiger partial charge on any atom is -0.387 e. The van der Waals surface area contributed by atoms with E-state index in [1.165, 1.54) is 6.07 Å². The van der Waals surface area contributed by atoms with Gasteiger partial charge in [0, 0.05) is 10.0 Å². The van der Waals surface area contributed by atoms with Gasteiger partial charge in [0.2, 0.25) is 5.82 Å². The number of aliphatic hydroxyl groups is 1. The van der Waals surface area contributed by atoms with Gasteiger partial charge in [0.25, 0.3) is 5.89 Å². The van der Waals surface area contributed by atoms with Crippen molar-refractivity contribution >= 4 is 15.9 Å². The molecule has 1 aromatic heterocycles. The Morgan fingerprint density at radius 3 is 2.56 bits per heavy atom. The summed E-state index contributed by atoms with van der Waals surface area (Å²) in [4.78, 5) is 3.75. The third-order valence-corrected chi connectivity index (χ3v) is 2.54. The largest absolute Gasteiger partial charge is 0.416 e. The van der Waals surface area contributed by atoms with Crippen molar-refractivity contribution in [2.75, 3.05) is 0 Å². The Morgan fingerprint density at radius 2 is 2.00 bits per heavy atom. The zero-order valence-corrected chi connectivity index (χ0v) is 10.3. The van der Waals surface area contributed by atoms with Gasteiger partial charge in [-0.15, -0.1) is 0 Å². The van der Waals surface area contributed by atoms with Crippen LogP contribution >= 0.6 is 15.9 Å². The summed E-state index contributed by atoms with van der Waals surface area (Å²) < 4.78 is 42.7. The summed E-state index contributed by atoms with van der Waals surface area (Å²) in [6.45, 7) is -0.465. The van der Waals surface area contributed by atoms with E-state index in [0.29, 0.717) is 0 Å². The number of halogens is 4. The lowest BCUT2D eigenvalue weighted by Gasteiger charge is -2.08. The van der Waals surface area contributed by atoms with E-state index < -0.39 is 18.3 Å². The highest BCUT2D eigenvalue weighted by molar-refractivity contribution is 9.10. The molecule has 96 valence electrons. The predicted molar refractivity (Wildman–Crippen MR) is 58.4 cm³/mol. The first kappa shape index (κ1) is 13.0.